The van der Waals surface area contributed by atoms with Crippen molar-refractivity contribution >= 4 is 23.7 Å². The molecule has 0 aromatic heterocycles. The van der Waals surface area contributed by atoms with Gasteiger partial charge in [-0.05, 0) is 31.2 Å². The highest BCUT2D eigenvalue weighted by Crippen LogP contribution is 1.98. The summed E-state index contributed by atoms with van der Waals surface area (Å²) in [7, 11) is 0. The number of carbonyl (C=O) groups excluding carboxylic acids is 2. The highest BCUT2D eigenvalue weighted by atomic mass is 16.2. The van der Waals surface area contributed by atoms with E-state index in [0.717, 1.165) is 0 Å². The van der Waals surface area contributed by atoms with Gasteiger partial charge in [-0.25, -0.2) is 10.9 Å². The van der Waals surface area contributed by atoms with E-state index in [0.29, 0.717) is 16.8 Å². The Morgan fingerprint density at radius 1 is 0.826 bits per heavy atom. The maximum Gasteiger partial charge on any atom is 0.271 e. The van der Waals surface area contributed by atoms with Crippen LogP contribution in [0.15, 0.2) is 70.9 Å². The standard InChI is InChI=1S/C17H16N4O2/c1-13(19-21-17(23)15-10-6-3-7-11-15)12-18-20-16(22)14-8-4-2-5-9-14/h2-12H,1H3,(H,20,22)(H,21,23). The summed E-state index contributed by atoms with van der Waals surface area (Å²) in [6, 6.07) is 17.5. The molecule has 0 fully saturated rings. The van der Waals surface area contributed by atoms with Crippen LogP contribution in [0.5, 0.6) is 0 Å². The van der Waals surface area contributed by atoms with Crippen molar-refractivity contribution in [2.45, 2.75) is 6.92 Å². The second kappa shape index (κ2) is 8.23. The molecular weight excluding hydrogens is 292 g/mol. The van der Waals surface area contributed by atoms with E-state index in [2.05, 4.69) is 21.1 Å². The number of hydrogen-bond acceptors (Lipinski definition) is 4. The van der Waals surface area contributed by atoms with Gasteiger partial charge >= 0.3 is 0 Å². The summed E-state index contributed by atoms with van der Waals surface area (Å²) < 4.78 is 0. The molecule has 0 spiro atoms. The Labute approximate surface area is 133 Å². The van der Waals surface area contributed by atoms with Crippen molar-refractivity contribution in [2.24, 2.45) is 10.2 Å². The van der Waals surface area contributed by atoms with Gasteiger partial charge in [0.05, 0.1) is 11.9 Å². The molecule has 0 aliphatic carbocycles. The van der Waals surface area contributed by atoms with Crippen LogP contribution in [0.4, 0.5) is 0 Å². The molecule has 6 heteroatoms. The molecule has 0 aliphatic heterocycles. The van der Waals surface area contributed by atoms with Crippen LogP contribution in [-0.2, 0) is 0 Å². The van der Waals surface area contributed by atoms with E-state index in [1.165, 1.54) is 6.21 Å². The lowest BCUT2D eigenvalue weighted by atomic mass is 10.2. The molecule has 2 N–H and O–H groups in total. The van der Waals surface area contributed by atoms with E-state index in [4.69, 9.17) is 0 Å². The molecule has 0 atom stereocenters. The average molecular weight is 308 g/mol. The molecule has 0 radical (unpaired) electrons. The Balaban J connectivity index is 1.85. The van der Waals surface area contributed by atoms with Crippen molar-refractivity contribution in [3.05, 3.63) is 71.8 Å². The number of benzene rings is 2. The lowest BCUT2D eigenvalue weighted by molar-refractivity contribution is 0.0946. The van der Waals surface area contributed by atoms with Crippen molar-refractivity contribution in [1.82, 2.24) is 10.9 Å². The van der Waals surface area contributed by atoms with Crippen molar-refractivity contribution in [3.63, 3.8) is 0 Å². The first-order valence-electron chi connectivity index (χ1n) is 6.95. The number of rotatable bonds is 5. The molecule has 116 valence electrons. The highest BCUT2D eigenvalue weighted by molar-refractivity contribution is 6.29. The Kier molecular flexibility index (Phi) is 5.76. The predicted octanol–water partition coefficient (Wildman–Crippen LogP) is 2.21. The first-order chi connectivity index (χ1) is 11.2. The summed E-state index contributed by atoms with van der Waals surface area (Å²) in [5.41, 5.74) is 6.27. The van der Waals surface area contributed by atoms with Crippen LogP contribution in [-0.4, -0.2) is 23.7 Å². The molecule has 2 rings (SSSR count). The van der Waals surface area contributed by atoms with Gasteiger partial charge in [-0.15, -0.1) is 0 Å². The molecule has 2 aromatic rings. The van der Waals surface area contributed by atoms with Crippen molar-refractivity contribution in [3.8, 4) is 0 Å². The second-order valence-electron chi connectivity index (χ2n) is 4.63. The zero-order valence-corrected chi connectivity index (χ0v) is 12.6. The van der Waals surface area contributed by atoms with Crippen LogP contribution in [0.3, 0.4) is 0 Å². The first kappa shape index (κ1) is 16.1. The molecule has 0 aliphatic rings. The van der Waals surface area contributed by atoms with E-state index >= 15 is 0 Å². The maximum atomic E-state index is 11.8. The van der Waals surface area contributed by atoms with Crippen molar-refractivity contribution in [2.75, 3.05) is 0 Å². The van der Waals surface area contributed by atoms with Gasteiger partial charge in [0.15, 0.2) is 0 Å². The third-order valence-electron chi connectivity index (χ3n) is 2.82. The van der Waals surface area contributed by atoms with E-state index < -0.39 is 0 Å². The molecular formula is C17H16N4O2. The van der Waals surface area contributed by atoms with Gasteiger partial charge in [0, 0.05) is 11.1 Å². The minimum Gasteiger partial charge on any atom is -0.267 e. The topological polar surface area (TPSA) is 82.9 Å². The summed E-state index contributed by atoms with van der Waals surface area (Å²) in [5.74, 6) is -0.630. The fraction of sp³-hybridized carbons (Fsp3) is 0.0588. The molecule has 23 heavy (non-hydrogen) atoms. The lowest BCUT2D eigenvalue weighted by Crippen LogP contribution is -2.21. The monoisotopic (exact) mass is 308 g/mol. The summed E-state index contributed by atoms with van der Waals surface area (Å²) in [6.45, 7) is 1.66. The minimum absolute atomic E-state index is 0.313. The number of carbonyl (C=O) groups is 2. The van der Waals surface area contributed by atoms with Crippen LogP contribution in [0.1, 0.15) is 27.6 Å². The summed E-state index contributed by atoms with van der Waals surface area (Å²) >= 11 is 0. The fourth-order valence-electron chi connectivity index (χ4n) is 1.66. The maximum absolute atomic E-state index is 11.8. The number of hydrogen-bond donors (Lipinski definition) is 2. The van der Waals surface area contributed by atoms with Gasteiger partial charge in [-0.3, -0.25) is 9.59 Å². The predicted molar refractivity (Wildman–Crippen MR) is 89.4 cm³/mol. The quantitative estimate of drug-likeness (QED) is 0.655. The number of nitrogens with one attached hydrogen (secondary N) is 2. The Hall–Kier alpha value is -3.28. The van der Waals surface area contributed by atoms with Gasteiger partial charge in [0.2, 0.25) is 0 Å². The molecule has 0 saturated carbocycles. The third kappa shape index (κ3) is 5.20. The van der Waals surface area contributed by atoms with E-state index in [1.807, 2.05) is 12.1 Å². The summed E-state index contributed by atoms with van der Waals surface area (Å²) in [5, 5.41) is 7.68. The van der Waals surface area contributed by atoms with Crippen LogP contribution < -0.4 is 10.9 Å². The molecule has 0 bridgehead atoms. The molecule has 0 heterocycles. The average Bonchev–Trinajstić information content (AvgIpc) is 2.61. The fourth-order valence-corrected chi connectivity index (χ4v) is 1.66. The van der Waals surface area contributed by atoms with Gasteiger partial charge in [-0.1, -0.05) is 36.4 Å². The van der Waals surface area contributed by atoms with Gasteiger partial charge < -0.3 is 0 Å². The molecule has 0 saturated heterocycles. The van der Waals surface area contributed by atoms with E-state index in [9.17, 15) is 9.59 Å². The van der Waals surface area contributed by atoms with Crippen LogP contribution in [0, 0.1) is 0 Å². The van der Waals surface area contributed by atoms with E-state index in [1.54, 1.807) is 55.5 Å². The Morgan fingerprint density at radius 3 is 1.83 bits per heavy atom. The van der Waals surface area contributed by atoms with E-state index in [-0.39, 0.29) is 11.8 Å². The molecule has 2 amide bonds. The SMILES string of the molecule is CC(C=NNC(=O)c1ccccc1)=NNC(=O)c1ccccc1. The normalized spacial score (nSPS) is 11.3. The second-order valence-corrected chi connectivity index (χ2v) is 4.63. The Morgan fingerprint density at radius 2 is 1.30 bits per heavy atom. The number of nitrogens with zero attached hydrogens (tertiary/aromatic N) is 2. The van der Waals surface area contributed by atoms with Crippen molar-refractivity contribution < 1.29 is 9.59 Å². The molecule has 6 nitrogen and oxygen atoms in total. The largest absolute Gasteiger partial charge is 0.271 e. The van der Waals surface area contributed by atoms with Crippen LogP contribution in [0.2, 0.25) is 0 Å². The minimum atomic E-state index is -0.317. The van der Waals surface area contributed by atoms with Gasteiger partial charge in [-0.2, -0.15) is 10.2 Å². The van der Waals surface area contributed by atoms with Crippen LogP contribution in [0.25, 0.3) is 0 Å². The smallest absolute Gasteiger partial charge is 0.267 e. The Bertz CT molecular complexity index is 725. The zero-order valence-electron chi connectivity index (χ0n) is 12.6. The highest BCUT2D eigenvalue weighted by Gasteiger charge is 2.03. The van der Waals surface area contributed by atoms with Gasteiger partial charge in [0.1, 0.15) is 0 Å². The zero-order chi connectivity index (χ0) is 16.5. The molecule has 0 unspecified atom stereocenters. The number of amides is 2. The van der Waals surface area contributed by atoms with Crippen molar-refractivity contribution in [1.29, 1.82) is 0 Å². The third-order valence-corrected chi connectivity index (χ3v) is 2.82. The van der Waals surface area contributed by atoms with Crippen LogP contribution >= 0.6 is 0 Å². The summed E-state index contributed by atoms with van der Waals surface area (Å²) in [4.78, 5) is 23.5. The number of hydrazone groups is 2. The summed E-state index contributed by atoms with van der Waals surface area (Å²) in [6.07, 6.45) is 1.35. The molecule has 2 aromatic carbocycles. The first-order valence-corrected chi connectivity index (χ1v) is 6.95. The van der Waals surface area contributed by atoms with Gasteiger partial charge in [0.25, 0.3) is 11.8 Å². The lowest BCUT2D eigenvalue weighted by Gasteiger charge is -2.00.